The molecule has 240 valence electrons. The standard InChI is InChI=1S/C36H44N2O7/c1-24-32(21-38-17-5-10-31(38)23-43-2)44-36(45-35(24)27-13-11-25(22-39)12-14-27)30-9-4-8-29(19-30)28-7-3-6-26(18-28)20-37-33(40)15-16-34(41)42/h3-4,6-9,11-14,18-19,24,31-32,35-36,39H,5,10,15-17,20-23H2,1-2H3,(H,37,40)(H,41,42)/t24-,31+,32+,35+,36+/m1/s1. The van der Waals surface area contributed by atoms with E-state index in [0.29, 0.717) is 19.2 Å². The van der Waals surface area contributed by atoms with Gasteiger partial charge in [0, 0.05) is 44.1 Å². The second-order valence-corrected chi connectivity index (χ2v) is 12.1. The molecule has 2 saturated heterocycles. The predicted octanol–water partition coefficient (Wildman–Crippen LogP) is 5.23. The highest BCUT2D eigenvalue weighted by molar-refractivity contribution is 5.80. The molecule has 2 fully saturated rings. The Morgan fingerprint density at radius 2 is 1.71 bits per heavy atom. The molecule has 9 nitrogen and oxygen atoms in total. The lowest BCUT2D eigenvalue weighted by Gasteiger charge is -2.43. The summed E-state index contributed by atoms with van der Waals surface area (Å²) >= 11 is 0. The largest absolute Gasteiger partial charge is 0.481 e. The number of ether oxygens (including phenoxy) is 3. The van der Waals surface area contributed by atoms with Gasteiger partial charge in [-0.25, -0.2) is 0 Å². The van der Waals surface area contributed by atoms with Crippen LogP contribution in [0.3, 0.4) is 0 Å². The minimum atomic E-state index is -0.990. The Morgan fingerprint density at radius 1 is 0.956 bits per heavy atom. The van der Waals surface area contributed by atoms with Crippen LogP contribution in [0, 0.1) is 5.92 Å². The number of hydrogen-bond donors (Lipinski definition) is 3. The summed E-state index contributed by atoms with van der Waals surface area (Å²) in [5.74, 6) is -1.19. The van der Waals surface area contributed by atoms with Crippen molar-refractivity contribution in [1.29, 1.82) is 0 Å². The van der Waals surface area contributed by atoms with Crippen LogP contribution in [0.15, 0.2) is 72.8 Å². The second-order valence-electron chi connectivity index (χ2n) is 12.1. The summed E-state index contributed by atoms with van der Waals surface area (Å²) in [5, 5.41) is 21.2. The van der Waals surface area contributed by atoms with Crippen LogP contribution in [0.1, 0.15) is 67.3 Å². The Labute approximate surface area is 265 Å². The molecule has 0 radical (unpaired) electrons. The van der Waals surface area contributed by atoms with Crippen molar-refractivity contribution in [1.82, 2.24) is 10.2 Å². The van der Waals surface area contributed by atoms with Gasteiger partial charge in [0.2, 0.25) is 5.91 Å². The number of carbonyl (C=O) groups is 2. The summed E-state index contributed by atoms with van der Waals surface area (Å²) in [7, 11) is 1.76. The maximum absolute atomic E-state index is 12.0. The maximum Gasteiger partial charge on any atom is 0.303 e. The summed E-state index contributed by atoms with van der Waals surface area (Å²) < 4.78 is 19.0. The minimum Gasteiger partial charge on any atom is -0.481 e. The summed E-state index contributed by atoms with van der Waals surface area (Å²) in [5.41, 5.74) is 5.75. The Kier molecular flexibility index (Phi) is 11.4. The van der Waals surface area contributed by atoms with Crippen molar-refractivity contribution in [2.75, 3.05) is 26.8 Å². The number of rotatable bonds is 13. The zero-order valence-electron chi connectivity index (χ0n) is 26.1. The van der Waals surface area contributed by atoms with Crippen molar-refractivity contribution in [2.45, 2.75) is 70.3 Å². The van der Waals surface area contributed by atoms with Gasteiger partial charge in [-0.1, -0.05) is 67.6 Å². The van der Waals surface area contributed by atoms with Crippen molar-refractivity contribution in [3.8, 4) is 11.1 Å². The molecule has 2 heterocycles. The van der Waals surface area contributed by atoms with Gasteiger partial charge >= 0.3 is 5.97 Å². The first-order valence-electron chi connectivity index (χ1n) is 15.8. The topological polar surface area (TPSA) is 118 Å². The number of aliphatic hydroxyl groups is 1. The Morgan fingerprint density at radius 3 is 2.44 bits per heavy atom. The third-order valence-corrected chi connectivity index (χ3v) is 8.87. The van der Waals surface area contributed by atoms with Crippen LogP contribution in [-0.2, 0) is 37.0 Å². The lowest BCUT2D eigenvalue weighted by Crippen LogP contribution is -2.46. The van der Waals surface area contributed by atoms with E-state index in [9.17, 15) is 14.7 Å². The van der Waals surface area contributed by atoms with E-state index in [1.165, 1.54) is 0 Å². The van der Waals surface area contributed by atoms with E-state index in [-0.39, 0.29) is 43.5 Å². The third-order valence-electron chi connectivity index (χ3n) is 8.87. The van der Waals surface area contributed by atoms with E-state index < -0.39 is 12.3 Å². The number of carboxylic acid groups (broad SMARTS) is 1. The van der Waals surface area contributed by atoms with Crippen LogP contribution in [0.2, 0.25) is 0 Å². The lowest BCUT2D eigenvalue weighted by atomic mass is 9.89. The number of methoxy groups -OCH3 is 1. The monoisotopic (exact) mass is 616 g/mol. The Hall–Kier alpha value is -3.60. The Balaban J connectivity index is 1.36. The van der Waals surface area contributed by atoms with E-state index in [1.54, 1.807) is 7.11 Å². The van der Waals surface area contributed by atoms with Crippen LogP contribution >= 0.6 is 0 Å². The van der Waals surface area contributed by atoms with Gasteiger partial charge in [0.05, 0.1) is 31.8 Å². The van der Waals surface area contributed by atoms with E-state index in [2.05, 4.69) is 23.2 Å². The van der Waals surface area contributed by atoms with Crippen LogP contribution in [0.4, 0.5) is 0 Å². The predicted molar refractivity (Wildman–Crippen MR) is 170 cm³/mol. The molecule has 1 amide bonds. The molecule has 5 rings (SSSR count). The van der Waals surface area contributed by atoms with Gasteiger partial charge in [0.25, 0.3) is 0 Å². The summed E-state index contributed by atoms with van der Waals surface area (Å²) in [4.78, 5) is 25.3. The van der Waals surface area contributed by atoms with E-state index in [0.717, 1.165) is 59.3 Å². The molecular formula is C36H44N2O7. The summed E-state index contributed by atoms with van der Waals surface area (Å²) in [6, 6.07) is 24.5. The van der Waals surface area contributed by atoms with Crippen LogP contribution in [-0.4, -0.2) is 65.9 Å². The van der Waals surface area contributed by atoms with Crippen molar-refractivity contribution in [3.63, 3.8) is 0 Å². The highest BCUT2D eigenvalue weighted by atomic mass is 16.7. The molecule has 45 heavy (non-hydrogen) atoms. The van der Waals surface area contributed by atoms with Gasteiger partial charge in [0.1, 0.15) is 0 Å². The molecule has 0 saturated carbocycles. The quantitative estimate of drug-likeness (QED) is 0.239. The average molecular weight is 617 g/mol. The van der Waals surface area contributed by atoms with Gasteiger partial charge in [0.15, 0.2) is 6.29 Å². The third kappa shape index (κ3) is 8.56. The molecule has 0 bridgehead atoms. The number of aliphatic hydroxyl groups excluding tert-OH is 1. The number of carboxylic acids is 1. The first-order valence-corrected chi connectivity index (χ1v) is 15.8. The van der Waals surface area contributed by atoms with Crippen molar-refractivity contribution in [3.05, 3.63) is 95.1 Å². The molecule has 0 unspecified atom stereocenters. The first kappa shape index (κ1) is 32.8. The molecule has 2 aliphatic heterocycles. The molecular weight excluding hydrogens is 572 g/mol. The fourth-order valence-electron chi connectivity index (χ4n) is 6.31. The summed E-state index contributed by atoms with van der Waals surface area (Å²) in [6.07, 6.45) is 1.19. The molecule has 0 aliphatic carbocycles. The van der Waals surface area contributed by atoms with E-state index in [1.807, 2.05) is 66.7 Å². The summed E-state index contributed by atoms with van der Waals surface area (Å²) in [6.45, 7) is 5.03. The SMILES string of the molecule is COC[C@@H]1CCCN1C[C@@H]1O[C@H](c2cccc(-c3cccc(CNC(=O)CCC(=O)O)c3)c2)O[C@H](c2ccc(CO)cc2)[C@@H]1C. The van der Waals surface area contributed by atoms with Crippen LogP contribution in [0.25, 0.3) is 11.1 Å². The van der Waals surface area contributed by atoms with Gasteiger partial charge in [-0.15, -0.1) is 0 Å². The van der Waals surface area contributed by atoms with Crippen molar-refractivity contribution in [2.24, 2.45) is 5.92 Å². The van der Waals surface area contributed by atoms with Gasteiger partial charge in [-0.05, 0) is 59.3 Å². The van der Waals surface area contributed by atoms with E-state index >= 15 is 0 Å². The van der Waals surface area contributed by atoms with Crippen molar-refractivity contribution >= 4 is 11.9 Å². The highest BCUT2D eigenvalue weighted by Gasteiger charge is 2.40. The zero-order valence-corrected chi connectivity index (χ0v) is 26.1. The smallest absolute Gasteiger partial charge is 0.303 e. The van der Waals surface area contributed by atoms with E-state index in [4.69, 9.17) is 19.3 Å². The zero-order chi connectivity index (χ0) is 31.8. The molecule has 0 spiro atoms. The first-order chi connectivity index (χ1) is 21.8. The lowest BCUT2D eigenvalue weighted by molar-refractivity contribution is -0.276. The molecule has 9 heteroatoms. The average Bonchev–Trinajstić information content (AvgIpc) is 3.50. The van der Waals surface area contributed by atoms with Gasteiger partial charge < -0.3 is 29.7 Å². The number of likely N-dealkylation sites (tertiary alicyclic amines) is 1. The van der Waals surface area contributed by atoms with Gasteiger partial charge in [-0.3, -0.25) is 14.5 Å². The molecule has 3 aromatic carbocycles. The van der Waals surface area contributed by atoms with Crippen molar-refractivity contribution < 1.29 is 34.0 Å². The molecule has 2 aliphatic rings. The number of carbonyl (C=O) groups excluding carboxylic acids is 1. The second kappa shape index (κ2) is 15.6. The Bertz CT molecular complexity index is 1430. The van der Waals surface area contributed by atoms with Crippen LogP contribution < -0.4 is 5.32 Å². The molecule has 3 aromatic rings. The fourth-order valence-corrected chi connectivity index (χ4v) is 6.31. The highest BCUT2D eigenvalue weighted by Crippen LogP contribution is 2.43. The van der Waals surface area contributed by atoms with Gasteiger partial charge in [-0.2, -0.15) is 0 Å². The fraction of sp³-hybridized carbons (Fsp3) is 0.444. The number of nitrogens with zero attached hydrogens (tertiary/aromatic N) is 1. The minimum absolute atomic E-state index is 0.00332. The number of aliphatic carboxylic acids is 1. The van der Waals surface area contributed by atoms with Crippen LogP contribution in [0.5, 0.6) is 0 Å². The molecule has 5 atom stereocenters. The number of benzene rings is 3. The normalized spacial score (nSPS) is 23.6. The number of amides is 1. The molecule has 0 aromatic heterocycles. The number of nitrogens with one attached hydrogen (secondary N) is 1. The maximum atomic E-state index is 12.0. The molecule has 3 N–H and O–H groups in total. The number of hydrogen-bond acceptors (Lipinski definition) is 7.